The molecule has 0 saturated carbocycles. The standard InChI is InChI=1S/C17H25N5O3S/c1-13-14(2)22(11-6-12-26(23,24)25)17(21(13)5)19-18-15-7-9-16(10-8-15)20(3)4/h7-10H,6,11-12H2,1-5H3/p+1. The number of hydrogen-bond acceptors (Lipinski definition) is 5. The van der Waals surface area contributed by atoms with E-state index in [1.165, 1.54) is 0 Å². The average Bonchev–Trinajstić information content (AvgIpc) is 2.76. The Morgan fingerprint density at radius 1 is 1.15 bits per heavy atom. The molecular weight excluding hydrogens is 354 g/mol. The fraction of sp³-hybridized carbons (Fsp3) is 0.471. The Balaban J connectivity index is 2.26. The first-order valence-corrected chi connectivity index (χ1v) is 9.91. The molecule has 9 heteroatoms. The summed E-state index contributed by atoms with van der Waals surface area (Å²) in [6.45, 7) is 4.36. The lowest BCUT2D eigenvalue weighted by atomic mass is 10.3. The third-order valence-electron chi connectivity index (χ3n) is 4.38. The maximum atomic E-state index is 10.9. The van der Waals surface area contributed by atoms with Gasteiger partial charge in [-0.05, 0) is 44.5 Å². The molecule has 0 atom stereocenters. The number of rotatable bonds is 7. The summed E-state index contributed by atoms with van der Waals surface area (Å²) < 4.78 is 34.6. The molecule has 26 heavy (non-hydrogen) atoms. The summed E-state index contributed by atoms with van der Waals surface area (Å²) in [5.41, 5.74) is 3.82. The van der Waals surface area contributed by atoms with Crippen molar-refractivity contribution in [1.29, 1.82) is 0 Å². The zero-order valence-corrected chi connectivity index (χ0v) is 16.7. The Hall–Kier alpha value is -2.26. The minimum absolute atomic E-state index is 0.282. The largest absolute Gasteiger partial charge is 0.421 e. The minimum Gasteiger partial charge on any atom is -0.378 e. The van der Waals surface area contributed by atoms with Gasteiger partial charge in [0.2, 0.25) is 0 Å². The Labute approximate surface area is 154 Å². The maximum absolute atomic E-state index is 10.9. The second-order valence-corrected chi connectivity index (χ2v) is 8.00. The molecule has 0 radical (unpaired) electrons. The summed E-state index contributed by atoms with van der Waals surface area (Å²) in [6.07, 6.45) is 0.299. The van der Waals surface area contributed by atoms with Gasteiger partial charge < -0.3 is 4.90 Å². The average molecular weight is 380 g/mol. The number of imidazole rings is 1. The van der Waals surface area contributed by atoms with Gasteiger partial charge in [-0.1, -0.05) is 5.11 Å². The highest BCUT2D eigenvalue weighted by Gasteiger charge is 2.23. The Morgan fingerprint density at radius 3 is 2.31 bits per heavy atom. The topological polar surface area (TPSA) is 91.1 Å². The smallest absolute Gasteiger partial charge is 0.378 e. The zero-order valence-electron chi connectivity index (χ0n) is 15.8. The number of anilines is 1. The number of nitrogens with zero attached hydrogens (tertiary/aromatic N) is 5. The van der Waals surface area contributed by atoms with Crippen molar-refractivity contribution in [2.24, 2.45) is 17.3 Å². The summed E-state index contributed by atoms with van der Waals surface area (Å²) in [6, 6.07) is 7.72. The zero-order chi connectivity index (χ0) is 19.5. The molecule has 0 amide bonds. The Bertz CT molecular complexity index is 899. The van der Waals surface area contributed by atoms with Crippen LogP contribution in [0.4, 0.5) is 17.3 Å². The van der Waals surface area contributed by atoms with Gasteiger partial charge in [-0.25, -0.2) is 9.13 Å². The summed E-state index contributed by atoms with van der Waals surface area (Å²) in [5, 5.41) is 8.68. The van der Waals surface area contributed by atoms with Crippen LogP contribution in [0, 0.1) is 13.8 Å². The summed E-state index contributed by atoms with van der Waals surface area (Å²) in [5.74, 6) is 0.350. The molecule has 1 aromatic heterocycles. The van der Waals surface area contributed by atoms with Crippen LogP contribution in [0.15, 0.2) is 34.5 Å². The highest BCUT2D eigenvalue weighted by atomic mass is 32.2. The highest BCUT2D eigenvalue weighted by Crippen LogP contribution is 2.22. The van der Waals surface area contributed by atoms with Gasteiger partial charge in [0, 0.05) is 24.9 Å². The van der Waals surface area contributed by atoms with Gasteiger partial charge in [-0.2, -0.15) is 8.42 Å². The molecular formula is C17H26N5O3S+. The predicted octanol–water partition coefficient (Wildman–Crippen LogP) is 2.69. The van der Waals surface area contributed by atoms with Crippen LogP contribution >= 0.6 is 0 Å². The SMILES string of the molecule is Cc1c(C)[n+](C)c(N=Nc2ccc(N(C)C)cc2)n1CCCS(=O)(=O)O. The van der Waals surface area contributed by atoms with E-state index in [1.54, 1.807) is 0 Å². The van der Waals surface area contributed by atoms with Crippen molar-refractivity contribution in [1.82, 2.24) is 4.57 Å². The summed E-state index contributed by atoms with van der Waals surface area (Å²) in [7, 11) is 1.87. The molecule has 0 unspecified atom stereocenters. The first-order valence-electron chi connectivity index (χ1n) is 8.30. The highest BCUT2D eigenvalue weighted by molar-refractivity contribution is 7.85. The third kappa shape index (κ3) is 4.89. The van der Waals surface area contributed by atoms with Crippen molar-refractivity contribution in [2.45, 2.75) is 26.8 Å². The van der Waals surface area contributed by atoms with E-state index in [2.05, 4.69) is 10.2 Å². The monoisotopic (exact) mass is 380 g/mol. The van der Waals surface area contributed by atoms with Gasteiger partial charge in [0.05, 0.1) is 19.3 Å². The lowest BCUT2D eigenvalue weighted by molar-refractivity contribution is -0.664. The Morgan fingerprint density at radius 2 is 1.77 bits per heavy atom. The van der Waals surface area contributed by atoms with Crippen LogP contribution in [-0.4, -0.2) is 37.4 Å². The van der Waals surface area contributed by atoms with Gasteiger partial charge in [0.15, 0.2) is 0 Å². The molecule has 2 rings (SSSR count). The normalized spacial score (nSPS) is 12.1. The molecule has 1 N–H and O–H groups in total. The van der Waals surface area contributed by atoms with Crippen LogP contribution in [0.3, 0.4) is 0 Å². The fourth-order valence-electron chi connectivity index (χ4n) is 2.63. The second-order valence-electron chi connectivity index (χ2n) is 6.43. The lowest BCUT2D eigenvalue weighted by Crippen LogP contribution is -2.29. The van der Waals surface area contributed by atoms with Crippen LogP contribution in [-0.2, 0) is 23.7 Å². The predicted molar refractivity (Wildman–Crippen MR) is 101 cm³/mol. The van der Waals surface area contributed by atoms with E-state index in [9.17, 15) is 8.42 Å². The van der Waals surface area contributed by atoms with E-state index in [0.29, 0.717) is 18.9 Å². The summed E-state index contributed by atoms with van der Waals surface area (Å²) >= 11 is 0. The molecule has 0 aliphatic carbocycles. The molecule has 0 bridgehead atoms. The van der Waals surface area contributed by atoms with E-state index in [0.717, 1.165) is 22.8 Å². The second kappa shape index (κ2) is 7.96. The van der Waals surface area contributed by atoms with E-state index in [-0.39, 0.29) is 5.75 Å². The number of azo groups is 1. The van der Waals surface area contributed by atoms with Gasteiger partial charge in [0.25, 0.3) is 10.1 Å². The van der Waals surface area contributed by atoms with Crippen LogP contribution < -0.4 is 9.47 Å². The van der Waals surface area contributed by atoms with E-state index in [4.69, 9.17) is 4.55 Å². The van der Waals surface area contributed by atoms with Gasteiger partial charge in [-0.3, -0.25) is 4.55 Å². The molecule has 0 aliphatic rings. The first kappa shape index (κ1) is 20.1. The van der Waals surface area contributed by atoms with E-state index in [1.807, 2.05) is 73.3 Å². The van der Waals surface area contributed by atoms with Crippen LogP contribution in [0.2, 0.25) is 0 Å². The first-order chi connectivity index (χ1) is 12.1. The van der Waals surface area contributed by atoms with Crippen molar-refractivity contribution >= 4 is 27.4 Å². The van der Waals surface area contributed by atoms with Crippen molar-refractivity contribution in [3.05, 3.63) is 35.7 Å². The van der Waals surface area contributed by atoms with Gasteiger partial charge >= 0.3 is 5.95 Å². The quantitative estimate of drug-likeness (QED) is 0.454. The third-order valence-corrected chi connectivity index (χ3v) is 5.18. The maximum Gasteiger partial charge on any atom is 0.421 e. The van der Waals surface area contributed by atoms with Crippen molar-refractivity contribution in [2.75, 3.05) is 24.7 Å². The molecule has 2 aromatic rings. The lowest BCUT2D eigenvalue weighted by Gasteiger charge is -2.11. The minimum atomic E-state index is -3.97. The molecule has 1 heterocycles. The number of hydrogen-bond donors (Lipinski definition) is 1. The number of aromatic nitrogens is 2. The molecule has 0 fully saturated rings. The molecule has 142 valence electrons. The van der Waals surface area contributed by atoms with Crippen molar-refractivity contribution in [3.63, 3.8) is 0 Å². The van der Waals surface area contributed by atoms with Crippen molar-refractivity contribution in [3.8, 4) is 0 Å². The van der Waals surface area contributed by atoms with Crippen molar-refractivity contribution < 1.29 is 17.5 Å². The Kier molecular flexibility index (Phi) is 6.14. The van der Waals surface area contributed by atoms with Gasteiger partial charge in [0.1, 0.15) is 17.1 Å². The van der Waals surface area contributed by atoms with E-state index < -0.39 is 10.1 Å². The molecule has 0 saturated heterocycles. The summed E-state index contributed by atoms with van der Waals surface area (Å²) in [4.78, 5) is 2.01. The van der Waals surface area contributed by atoms with Crippen LogP contribution in [0.1, 0.15) is 17.8 Å². The molecule has 1 aromatic carbocycles. The molecule has 0 spiro atoms. The number of benzene rings is 1. The fourth-order valence-corrected chi connectivity index (χ4v) is 3.13. The van der Waals surface area contributed by atoms with E-state index >= 15 is 0 Å². The van der Waals surface area contributed by atoms with Crippen LogP contribution in [0.25, 0.3) is 0 Å². The van der Waals surface area contributed by atoms with Crippen LogP contribution in [0.5, 0.6) is 0 Å². The molecule has 8 nitrogen and oxygen atoms in total. The van der Waals surface area contributed by atoms with Gasteiger partial charge in [-0.15, -0.1) is 0 Å². The molecule has 0 aliphatic heterocycles.